The highest BCUT2D eigenvalue weighted by atomic mass is 16.2. The molecule has 1 N–H and O–H groups in total. The zero-order chi connectivity index (χ0) is 21.8. The third kappa shape index (κ3) is 5.20. The molecular formula is C25H28N4O2. The quantitative estimate of drug-likeness (QED) is 0.590. The standard InChI is InChI=1S/C25H28N4O2/c1-3-24(31)28(15-19-11-12-19)17-23(30)27-25-26-22(20-7-5-4-6-8-20)16-29(25)21-13-9-18(2)10-14-21/h4-10,13-14,16,19H,3,11-12,15,17H2,1-2H3,(H,26,27,30). The number of nitrogens with zero attached hydrogens (tertiary/aromatic N) is 3. The van der Waals surface area contributed by atoms with Crippen molar-refractivity contribution in [3.8, 4) is 16.9 Å². The van der Waals surface area contributed by atoms with Crippen molar-refractivity contribution >= 4 is 17.8 Å². The first-order valence-electron chi connectivity index (χ1n) is 10.8. The van der Waals surface area contributed by atoms with Crippen LogP contribution in [0.25, 0.3) is 16.9 Å². The van der Waals surface area contributed by atoms with Crippen molar-refractivity contribution in [2.24, 2.45) is 5.92 Å². The van der Waals surface area contributed by atoms with Crippen LogP contribution in [0.3, 0.4) is 0 Å². The monoisotopic (exact) mass is 416 g/mol. The third-order valence-electron chi connectivity index (χ3n) is 5.50. The van der Waals surface area contributed by atoms with Gasteiger partial charge < -0.3 is 4.90 Å². The van der Waals surface area contributed by atoms with E-state index in [1.54, 1.807) is 4.90 Å². The summed E-state index contributed by atoms with van der Waals surface area (Å²) >= 11 is 0. The second kappa shape index (κ2) is 9.16. The van der Waals surface area contributed by atoms with E-state index >= 15 is 0 Å². The van der Waals surface area contributed by atoms with Gasteiger partial charge in [0.05, 0.1) is 12.2 Å². The number of hydrogen-bond donors (Lipinski definition) is 1. The molecule has 6 heteroatoms. The minimum atomic E-state index is -0.235. The molecular weight excluding hydrogens is 388 g/mol. The van der Waals surface area contributed by atoms with Gasteiger partial charge in [-0.15, -0.1) is 0 Å². The van der Waals surface area contributed by atoms with E-state index in [4.69, 9.17) is 4.98 Å². The molecule has 6 nitrogen and oxygen atoms in total. The highest BCUT2D eigenvalue weighted by Gasteiger charge is 2.27. The van der Waals surface area contributed by atoms with Gasteiger partial charge in [0, 0.05) is 30.4 Å². The fourth-order valence-corrected chi connectivity index (χ4v) is 3.55. The van der Waals surface area contributed by atoms with Gasteiger partial charge >= 0.3 is 0 Å². The van der Waals surface area contributed by atoms with Crippen molar-refractivity contribution in [3.63, 3.8) is 0 Å². The fourth-order valence-electron chi connectivity index (χ4n) is 3.55. The molecule has 1 fully saturated rings. The largest absolute Gasteiger partial charge is 0.333 e. The number of aryl methyl sites for hydroxylation is 1. The van der Waals surface area contributed by atoms with Crippen molar-refractivity contribution < 1.29 is 9.59 Å². The van der Waals surface area contributed by atoms with Gasteiger partial charge in [-0.05, 0) is 37.8 Å². The number of imidazole rings is 1. The van der Waals surface area contributed by atoms with Crippen molar-refractivity contribution in [3.05, 3.63) is 66.4 Å². The molecule has 0 unspecified atom stereocenters. The lowest BCUT2D eigenvalue weighted by molar-refractivity contribution is -0.134. The van der Waals surface area contributed by atoms with Crippen LogP contribution >= 0.6 is 0 Å². The van der Waals surface area contributed by atoms with E-state index < -0.39 is 0 Å². The molecule has 1 saturated carbocycles. The van der Waals surface area contributed by atoms with Crippen LogP contribution in [0.4, 0.5) is 5.95 Å². The lowest BCUT2D eigenvalue weighted by Gasteiger charge is -2.21. The van der Waals surface area contributed by atoms with Gasteiger partial charge in [0.15, 0.2) is 0 Å². The maximum Gasteiger partial charge on any atom is 0.246 e. The molecule has 0 radical (unpaired) electrons. The predicted octanol–water partition coefficient (Wildman–Crippen LogP) is 4.43. The molecule has 0 aliphatic heterocycles. The topological polar surface area (TPSA) is 67.2 Å². The number of nitrogens with one attached hydrogen (secondary N) is 1. The van der Waals surface area contributed by atoms with Gasteiger partial charge in [-0.25, -0.2) is 4.98 Å². The van der Waals surface area contributed by atoms with Crippen molar-refractivity contribution in [2.75, 3.05) is 18.4 Å². The Morgan fingerprint density at radius 1 is 1.10 bits per heavy atom. The molecule has 0 spiro atoms. The summed E-state index contributed by atoms with van der Waals surface area (Å²) in [5, 5.41) is 2.94. The maximum absolute atomic E-state index is 12.9. The number of rotatable bonds is 8. The predicted molar refractivity (Wildman–Crippen MR) is 122 cm³/mol. The minimum absolute atomic E-state index is 0.00824. The molecule has 2 amide bonds. The van der Waals surface area contributed by atoms with E-state index in [0.29, 0.717) is 24.8 Å². The maximum atomic E-state index is 12.9. The fraction of sp³-hybridized carbons (Fsp3) is 0.320. The first-order chi connectivity index (χ1) is 15.0. The molecule has 0 saturated heterocycles. The van der Waals surface area contributed by atoms with E-state index in [2.05, 4.69) is 5.32 Å². The number of carbonyl (C=O) groups excluding carboxylic acids is 2. The Morgan fingerprint density at radius 2 is 1.81 bits per heavy atom. The Bertz CT molecular complexity index is 1050. The van der Waals surface area contributed by atoms with Crippen LogP contribution < -0.4 is 5.32 Å². The molecule has 1 aliphatic carbocycles. The molecule has 1 aromatic heterocycles. The lowest BCUT2D eigenvalue weighted by atomic mass is 10.2. The number of amides is 2. The van der Waals surface area contributed by atoms with Crippen molar-refractivity contribution in [2.45, 2.75) is 33.1 Å². The molecule has 1 heterocycles. The molecule has 0 atom stereocenters. The third-order valence-corrected chi connectivity index (χ3v) is 5.50. The van der Waals surface area contributed by atoms with Gasteiger partial charge in [-0.3, -0.25) is 19.5 Å². The van der Waals surface area contributed by atoms with Crippen molar-refractivity contribution in [1.82, 2.24) is 14.5 Å². The van der Waals surface area contributed by atoms with E-state index in [-0.39, 0.29) is 18.4 Å². The number of hydrogen-bond acceptors (Lipinski definition) is 3. The number of benzene rings is 2. The second-order valence-electron chi connectivity index (χ2n) is 8.14. The molecule has 0 bridgehead atoms. The summed E-state index contributed by atoms with van der Waals surface area (Å²) < 4.78 is 1.88. The molecule has 2 aromatic carbocycles. The van der Waals surface area contributed by atoms with Crippen LogP contribution in [0.15, 0.2) is 60.8 Å². The van der Waals surface area contributed by atoms with Gasteiger partial charge in [0.2, 0.25) is 17.8 Å². The average Bonchev–Trinajstić information content (AvgIpc) is 3.51. The summed E-state index contributed by atoms with van der Waals surface area (Å²) in [4.78, 5) is 31.5. The Kier molecular flexibility index (Phi) is 6.16. The van der Waals surface area contributed by atoms with Crippen LogP contribution in [0, 0.1) is 12.8 Å². The summed E-state index contributed by atoms with van der Waals surface area (Å²) in [6, 6.07) is 17.9. The smallest absolute Gasteiger partial charge is 0.246 e. The van der Waals surface area contributed by atoms with E-state index in [9.17, 15) is 9.59 Å². The van der Waals surface area contributed by atoms with Gasteiger partial charge in [-0.2, -0.15) is 0 Å². The summed E-state index contributed by atoms with van der Waals surface area (Å²) in [6.07, 6.45) is 4.59. The first-order valence-corrected chi connectivity index (χ1v) is 10.8. The molecule has 4 rings (SSSR count). The Labute approximate surface area is 182 Å². The summed E-state index contributed by atoms with van der Waals surface area (Å²) in [7, 11) is 0. The van der Waals surface area contributed by atoms with E-state index in [1.807, 2.05) is 79.2 Å². The van der Waals surface area contributed by atoms with Crippen LogP contribution in [0.1, 0.15) is 31.7 Å². The SMILES string of the molecule is CCC(=O)N(CC(=O)Nc1nc(-c2ccccc2)cn1-c1ccc(C)cc1)CC1CC1. The summed E-state index contributed by atoms with van der Waals surface area (Å²) in [5.74, 6) is 0.750. The summed E-state index contributed by atoms with van der Waals surface area (Å²) in [6.45, 7) is 4.57. The highest BCUT2D eigenvalue weighted by Crippen LogP contribution is 2.30. The Morgan fingerprint density at radius 3 is 2.45 bits per heavy atom. The van der Waals surface area contributed by atoms with Crippen LogP contribution in [-0.2, 0) is 9.59 Å². The highest BCUT2D eigenvalue weighted by molar-refractivity contribution is 5.93. The minimum Gasteiger partial charge on any atom is -0.333 e. The van der Waals surface area contributed by atoms with E-state index in [1.165, 1.54) is 0 Å². The molecule has 160 valence electrons. The Hall–Kier alpha value is -3.41. The van der Waals surface area contributed by atoms with Gasteiger partial charge in [0.25, 0.3) is 0 Å². The van der Waals surface area contributed by atoms with E-state index in [0.717, 1.165) is 35.3 Å². The molecule has 3 aromatic rings. The zero-order valence-electron chi connectivity index (χ0n) is 18.0. The average molecular weight is 417 g/mol. The zero-order valence-corrected chi connectivity index (χ0v) is 18.0. The first kappa shape index (κ1) is 20.8. The number of aromatic nitrogens is 2. The van der Waals surface area contributed by atoms with Crippen molar-refractivity contribution in [1.29, 1.82) is 0 Å². The van der Waals surface area contributed by atoms with Crippen LogP contribution in [-0.4, -0.2) is 39.4 Å². The summed E-state index contributed by atoms with van der Waals surface area (Å²) in [5.41, 5.74) is 3.82. The van der Waals surface area contributed by atoms with Crippen LogP contribution in [0.2, 0.25) is 0 Å². The lowest BCUT2D eigenvalue weighted by Crippen LogP contribution is -2.39. The molecule has 31 heavy (non-hydrogen) atoms. The van der Waals surface area contributed by atoms with Gasteiger partial charge in [0.1, 0.15) is 0 Å². The van der Waals surface area contributed by atoms with Crippen LogP contribution in [0.5, 0.6) is 0 Å². The molecule has 1 aliphatic rings. The van der Waals surface area contributed by atoms with Gasteiger partial charge in [-0.1, -0.05) is 55.0 Å². The number of carbonyl (C=O) groups is 2. The number of anilines is 1. The second-order valence-corrected chi connectivity index (χ2v) is 8.14. The normalized spacial score (nSPS) is 13.1. The Balaban J connectivity index is 1.59.